The number of carbonyl (C=O) groups is 2. The smallest absolute Gasteiger partial charge is 0.321 e. The molecule has 4 nitrogen and oxygen atoms in total. The minimum absolute atomic E-state index is 0.265. The summed E-state index contributed by atoms with van der Waals surface area (Å²) in [7, 11) is 1.31. The Bertz CT molecular complexity index is 463. The van der Waals surface area contributed by atoms with Gasteiger partial charge in [-0.1, -0.05) is 18.2 Å². The summed E-state index contributed by atoms with van der Waals surface area (Å²) in [5.74, 6) is -0.706. The first kappa shape index (κ1) is 11.6. The Kier molecular flexibility index (Phi) is 2.88. The van der Waals surface area contributed by atoms with Crippen molar-refractivity contribution in [1.29, 1.82) is 0 Å². The van der Waals surface area contributed by atoms with Gasteiger partial charge >= 0.3 is 5.97 Å². The van der Waals surface area contributed by atoms with E-state index in [-0.39, 0.29) is 5.91 Å². The minimum atomic E-state index is -0.947. The molecule has 1 aliphatic rings. The minimum Gasteiger partial charge on any atom is -0.468 e. The van der Waals surface area contributed by atoms with Crippen LogP contribution in [0.2, 0.25) is 0 Å². The Hall–Kier alpha value is -1.84. The molecule has 0 bridgehead atoms. The number of methoxy groups -OCH3 is 1. The lowest BCUT2D eigenvalue weighted by Gasteiger charge is -2.14. The Morgan fingerprint density at radius 1 is 1.29 bits per heavy atom. The number of nitrogens with one attached hydrogen (secondary N) is 1. The largest absolute Gasteiger partial charge is 0.468 e. The number of aryl methyl sites for hydroxylation is 1. The fourth-order valence-corrected chi connectivity index (χ4v) is 1.80. The SMILES string of the molecule is COC(=O)C1(C(=O)Nc2ccccc2C)CC1. The van der Waals surface area contributed by atoms with Crippen LogP contribution in [0.4, 0.5) is 5.69 Å². The van der Waals surface area contributed by atoms with Gasteiger partial charge in [-0.3, -0.25) is 9.59 Å². The Morgan fingerprint density at radius 2 is 1.94 bits per heavy atom. The summed E-state index contributed by atoms with van der Waals surface area (Å²) in [6.07, 6.45) is 1.13. The van der Waals surface area contributed by atoms with Gasteiger partial charge in [0.05, 0.1) is 7.11 Å². The number of ether oxygens (including phenoxy) is 1. The molecule has 1 aromatic rings. The maximum Gasteiger partial charge on any atom is 0.321 e. The second-order valence-electron chi connectivity index (χ2n) is 4.34. The number of esters is 1. The monoisotopic (exact) mass is 233 g/mol. The average molecular weight is 233 g/mol. The predicted molar refractivity (Wildman–Crippen MR) is 63.5 cm³/mol. The summed E-state index contributed by atoms with van der Waals surface area (Å²) in [5.41, 5.74) is 0.769. The first-order valence-electron chi connectivity index (χ1n) is 5.56. The van der Waals surface area contributed by atoms with Gasteiger partial charge in [-0.25, -0.2) is 0 Å². The van der Waals surface area contributed by atoms with Crippen molar-refractivity contribution in [2.24, 2.45) is 5.41 Å². The van der Waals surface area contributed by atoms with E-state index in [0.717, 1.165) is 11.3 Å². The molecule has 1 saturated carbocycles. The van der Waals surface area contributed by atoms with E-state index in [0.29, 0.717) is 12.8 Å². The van der Waals surface area contributed by atoms with E-state index in [9.17, 15) is 9.59 Å². The van der Waals surface area contributed by atoms with E-state index in [1.807, 2.05) is 31.2 Å². The summed E-state index contributed by atoms with van der Waals surface area (Å²) >= 11 is 0. The third-order valence-corrected chi connectivity index (χ3v) is 3.15. The lowest BCUT2D eigenvalue weighted by molar-refractivity contribution is -0.150. The molecule has 4 heteroatoms. The van der Waals surface area contributed by atoms with Crippen LogP contribution in [0.3, 0.4) is 0 Å². The number of benzene rings is 1. The fourth-order valence-electron chi connectivity index (χ4n) is 1.80. The average Bonchev–Trinajstić information content (AvgIpc) is 3.12. The number of para-hydroxylation sites is 1. The van der Waals surface area contributed by atoms with Crippen LogP contribution >= 0.6 is 0 Å². The maximum absolute atomic E-state index is 12.0. The van der Waals surface area contributed by atoms with Gasteiger partial charge in [0.15, 0.2) is 0 Å². The van der Waals surface area contributed by atoms with Crippen LogP contribution in [0.5, 0.6) is 0 Å². The van der Waals surface area contributed by atoms with Crippen LogP contribution in [0.25, 0.3) is 0 Å². The zero-order valence-electron chi connectivity index (χ0n) is 9.95. The van der Waals surface area contributed by atoms with Crippen molar-refractivity contribution in [3.8, 4) is 0 Å². The quantitative estimate of drug-likeness (QED) is 0.640. The molecular weight excluding hydrogens is 218 g/mol. The third-order valence-electron chi connectivity index (χ3n) is 3.15. The van der Waals surface area contributed by atoms with Gasteiger partial charge in [0.25, 0.3) is 0 Å². The second-order valence-corrected chi connectivity index (χ2v) is 4.34. The van der Waals surface area contributed by atoms with Gasteiger partial charge < -0.3 is 10.1 Å². The van der Waals surface area contributed by atoms with Crippen LogP contribution in [0.1, 0.15) is 18.4 Å². The molecular formula is C13H15NO3. The second kappa shape index (κ2) is 4.20. The van der Waals surface area contributed by atoms with Gasteiger partial charge in [-0.05, 0) is 31.4 Å². The van der Waals surface area contributed by atoms with E-state index in [2.05, 4.69) is 10.1 Å². The Labute approximate surface area is 100.0 Å². The summed E-state index contributed by atoms with van der Waals surface area (Å²) in [4.78, 5) is 23.6. The van der Waals surface area contributed by atoms with Crippen molar-refractivity contribution < 1.29 is 14.3 Å². The topological polar surface area (TPSA) is 55.4 Å². The molecule has 0 radical (unpaired) electrons. The lowest BCUT2D eigenvalue weighted by Crippen LogP contribution is -2.32. The summed E-state index contributed by atoms with van der Waals surface area (Å²) in [6, 6.07) is 7.48. The van der Waals surface area contributed by atoms with Crippen LogP contribution in [-0.4, -0.2) is 19.0 Å². The number of carbonyl (C=O) groups excluding carboxylic acids is 2. The predicted octanol–water partition coefficient (Wildman–Crippen LogP) is 1.89. The van der Waals surface area contributed by atoms with Gasteiger partial charge in [0.2, 0.25) is 5.91 Å². The number of hydrogen-bond acceptors (Lipinski definition) is 3. The Balaban J connectivity index is 2.13. The highest BCUT2D eigenvalue weighted by molar-refractivity contribution is 6.11. The first-order chi connectivity index (χ1) is 8.10. The molecule has 2 rings (SSSR count). The molecule has 0 unspecified atom stereocenters. The van der Waals surface area contributed by atoms with Crippen molar-refractivity contribution in [1.82, 2.24) is 0 Å². The molecule has 0 saturated heterocycles. The van der Waals surface area contributed by atoms with Crippen molar-refractivity contribution in [2.45, 2.75) is 19.8 Å². The van der Waals surface area contributed by atoms with Crippen molar-refractivity contribution in [3.05, 3.63) is 29.8 Å². The number of anilines is 1. The summed E-state index contributed by atoms with van der Waals surface area (Å²) in [6.45, 7) is 1.91. The van der Waals surface area contributed by atoms with E-state index in [1.54, 1.807) is 0 Å². The van der Waals surface area contributed by atoms with E-state index >= 15 is 0 Å². The van der Waals surface area contributed by atoms with Crippen LogP contribution in [0.15, 0.2) is 24.3 Å². The highest BCUT2D eigenvalue weighted by Gasteiger charge is 2.57. The molecule has 1 N–H and O–H groups in total. The Morgan fingerprint density at radius 3 is 2.47 bits per heavy atom. The van der Waals surface area contributed by atoms with Crippen molar-refractivity contribution >= 4 is 17.6 Å². The fraction of sp³-hybridized carbons (Fsp3) is 0.385. The van der Waals surface area contributed by atoms with Crippen LogP contribution in [-0.2, 0) is 14.3 Å². The number of hydrogen-bond donors (Lipinski definition) is 1. The van der Waals surface area contributed by atoms with Gasteiger partial charge in [0.1, 0.15) is 5.41 Å². The number of rotatable bonds is 3. The van der Waals surface area contributed by atoms with Crippen LogP contribution < -0.4 is 5.32 Å². The van der Waals surface area contributed by atoms with Gasteiger partial charge in [-0.2, -0.15) is 0 Å². The molecule has 0 heterocycles. The number of amides is 1. The molecule has 90 valence electrons. The van der Waals surface area contributed by atoms with Gasteiger partial charge in [-0.15, -0.1) is 0 Å². The molecule has 0 atom stereocenters. The normalized spacial score (nSPS) is 16.1. The van der Waals surface area contributed by atoms with E-state index < -0.39 is 11.4 Å². The zero-order chi connectivity index (χ0) is 12.5. The third kappa shape index (κ3) is 2.02. The highest BCUT2D eigenvalue weighted by Crippen LogP contribution is 2.47. The van der Waals surface area contributed by atoms with E-state index in [4.69, 9.17) is 0 Å². The van der Waals surface area contributed by atoms with Gasteiger partial charge in [0, 0.05) is 5.69 Å². The molecule has 1 aromatic carbocycles. The van der Waals surface area contributed by atoms with Crippen LogP contribution in [0, 0.1) is 12.3 Å². The molecule has 0 aromatic heterocycles. The molecule has 0 spiro atoms. The maximum atomic E-state index is 12.0. The standard InChI is InChI=1S/C13H15NO3/c1-9-5-3-4-6-10(9)14-11(15)13(7-8-13)12(16)17-2/h3-6H,7-8H2,1-2H3,(H,14,15). The highest BCUT2D eigenvalue weighted by atomic mass is 16.5. The molecule has 1 aliphatic carbocycles. The summed E-state index contributed by atoms with van der Waals surface area (Å²) in [5, 5.41) is 2.79. The molecule has 1 amide bonds. The first-order valence-corrected chi connectivity index (χ1v) is 5.56. The molecule has 1 fully saturated rings. The molecule has 17 heavy (non-hydrogen) atoms. The molecule has 0 aliphatic heterocycles. The van der Waals surface area contributed by atoms with E-state index in [1.165, 1.54) is 7.11 Å². The summed E-state index contributed by atoms with van der Waals surface area (Å²) < 4.78 is 4.67. The zero-order valence-corrected chi connectivity index (χ0v) is 9.95. The van der Waals surface area contributed by atoms with Crippen molar-refractivity contribution in [3.63, 3.8) is 0 Å². The van der Waals surface area contributed by atoms with Crippen molar-refractivity contribution in [2.75, 3.05) is 12.4 Å². The lowest BCUT2D eigenvalue weighted by atomic mass is 10.1.